The number of aromatic nitrogens is 2. The molecule has 0 amide bonds. The van der Waals surface area contributed by atoms with Gasteiger partial charge in [0.25, 0.3) is 0 Å². The Morgan fingerprint density at radius 3 is 2.72 bits per heavy atom. The first-order valence-corrected chi connectivity index (χ1v) is 7.11. The summed E-state index contributed by atoms with van der Waals surface area (Å²) in [6.45, 7) is 4.09. The van der Waals surface area contributed by atoms with Crippen LogP contribution in [0.2, 0.25) is 0 Å². The lowest BCUT2D eigenvalue weighted by Gasteiger charge is -2.11. The van der Waals surface area contributed by atoms with E-state index in [0.717, 1.165) is 0 Å². The lowest BCUT2D eigenvalue weighted by atomic mass is 10.4. The Morgan fingerprint density at radius 2 is 2.17 bits per heavy atom. The van der Waals surface area contributed by atoms with Crippen LogP contribution >= 0.6 is 0 Å². The van der Waals surface area contributed by atoms with Crippen molar-refractivity contribution in [2.75, 3.05) is 20.7 Å². The quantitative estimate of drug-likeness (QED) is 0.638. The van der Waals surface area contributed by atoms with Gasteiger partial charge in [-0.05, 0) is 20.9 Å². The second-order valence-electron chi connectivity index (χ2n) is 4.05. The number of methoxy groups -OCH3 is 1. The predicted molar refractivity (Wildman–Crippen MR) is 67.7 cm³/mol. The van der Waals surface area contributed by atoms with Crippen LogP contribution in [0.1, 0.15) is 18.3 Å². The summed E-state index contributed by atoms with van der Waals surface area (Å²) in [5.41, 5.74) is 1.00. The van der Waals surface area contributed by atoms with Crippen molar-refractivity contribution in [1.29, 1.82) is 0 Å². The van der Waals surface area contributed by atoms with Gasteiger partial charge < -0.3 is 10.1 Å². The summed E-state index contributed by atoms with van der Waals surface area (Å²) >= 11 is 0. The van der Waals surface area contributed by atoms with E-state index in [4.69, 9.17) is 4.74 Å². The van der Waals surface area contributed by atoms with E-state index in [2.05, 4.69) is 20.2 Å². The maximum absolute atomic E-state index is 12.2. The Morgan fingerprint density at radius 1 is 1.50 bits per heavy atom. The van der Waals surface area contributed by atoms with Gasteiger partial charge in [0.2, 0.25) is 10.0 Å². The van der Waals surface area contributed by atoms with Crippen LogP contribution in [0.15, 0.2) is 4.90 Å². The third kappa shape index (κ3) is 3.52. The average Bonchev–Trinajstić information content (AvgIpc) is 2.69. The van der Waals surface area contributed by atoms with Gasteiger partial charge in [0, 0.05) is 20.2 Å². The number of aryl methyl sites for hydroxylation is 1. The molecule has 1 unspecified atom stereocenters. The smallest absolute Gasteiger partial charge is 0.244 e. The van der Waals surface area contributed by atoms with E-state index in [9.17, 15) is 8.42 Å². The maximum atomic E-state index is 12.2. The SMILES string of the molecule is CNCc1n[nH]c(C)c1S(=O)(=O)NCC(C)OC. The van der Waals surface area contributed by atoms with E-state index in [1.165, 1.54) is 7.11 Å². The minimum absolute atomic E-state index is 0.181. The molecule has 0 aromatic carbocycles. The maximum Gasteiger partial charge on any atom is 0.244 e. The zero-order chi connectivity index (χ0) is 13.8. The van der Waals surface area contributed by atoms with Gasteiger partial charge in [-0.25, -0.2) is 13.1 Å². The van der Waals surface area contributed by atoms with Gasteiger partial charge in [0.05, 0.1) is 17.5 Å². The molecule has 0 saturated heterocycles. The van der Waals surface area contributed by atoms with Crippen LogP contribution in [0.5, 0.6) is 0 Å². The van der Waals surface area contributed by atoms with E-state index in [-0.39, 0.29) is 17.5 Å². The number of hydrogen-bond donors (Lipinski definition) is 3. The molecule has 0 fully saturated rings. The van der Waals surface area contributed by atoms with Crippen LogP contribution in [0, 0.1) is 6.92 Å². The van der Waals surface area contributed by atoms with Gasteiger partial charge in [-0.1, -0.05) is 0 Å². The molecule has 0 aliphatic rings. The van der Waals surface area contributed by atoms with Gasteiger partial charge in [-0.2, -0.15) is 5.10 Å². The predicted octanol–water partition coefficient (Wildman–Crippen LogP) is -0.249. The average molecular weight is 276 g/mol. The number of H-pyrrole nitrogens is 1. The van der Waals surface area contributed by atoms with Crippen molar-refractivity contribution in [3.8, 4) is 0 Å². The zero-order valence-corrected chi connectivity index (χ0v) is 11.9. The zero-order valence-electron chi connectivity index (χ0n) is 11.1. The highest BCUT2D eigenvalue weighted by atomic mass is 32.2. The Kier molecular flexibility index (Phi) is 5.27. The van der Waals surface area contributed by atoms with Gasteiger partial charge in [0.15, 0.2) is 0 Å². The first-order valence-electron chi connectivity index (χ1n) is 5.63. The number of ether oxygens (including phenoxy) is 1. The first kappa shape index (κ1) is 15.1. The Labute approximate surface area is 107 Å². The topological polar surface area (TPSA) is 96.1 Å². The molecule has 0 spiro atoms. The van der Waals surface area contributed by atoms with Gasteiger partial charge in [0.1, 0.15) is 4.90 Å². The number of hydrogen-bond acceptors (Lipinski definition) is 5. The minimum Gasteiger partial charge on any atom is -0.380 e. The molecular weight excluding hydrogens is 256 g/mol. The lowest BCUT2D eigenvalue weighted by Crippen LogP contribution is -2.32. The fourth-order valence-electron chi connectivity index (χ4n) is 1.50. The van der Waals surface area contributed by atoms with Gasteiger partial charge in [-0.15, -0.1) is 0 Å². The summed E-state index contributed by atoms with van der Waals surface area (Å²) in [6, 6.07) is 0. The molecule has 0 saturated carbocycles. The molecule has 0 aliphatic carbocycles. The molecule has 3 N–H and O–H groups in total. The van der Waals surface area contributed by atoms with E-state index in [1.807, 2.05) is 0 Å². The van der Waals surface area contributed by atoms with Crippen molar-refractivity contribution in [3.05, 3.63) is 11.4 Å². The van der Waals surface area contributed by atoms with E-state index >= 15 is 0 Å². The number of nitrogens with one attached hydrogen (secondary N) is 3. The third-order valence-electron chi connectivity index (χ3n) is 2.54. The van der Waals surface area contributed by atoms with Crippen LogP contribution in [-0.2, 0) is 21.3 Å². The minimum atomic E-state index is -3.57. The molecule has 1 aromatic rings. The molecule has 18 heavy (non-hydrogen) atoms. The highest BCUT2D eigenvalue weighted by Crippen LogP contribution is 2.17. The largest absolute Gasteiger partial charge is 0.380 e. The van der Waals surface area contributed by atoms with Crippen molar-refractivity contribution >= 4 is 10.0 Å². The Hall–Kier alpha value is -0.960. The van der Waals surface area contributed by atoms with Crippen LogP contribution in [0.4, 0.5) is 0 Å². The van der Waals surface area contributed by atoms with Gasteiger partial charge in [-0.3, -0.25) is 5.10 Å². The third-order valence-corrected chi connectivity index (χ3v) is 4.16. The highest BCUT2D eigenvalue weighted by molar-refractivity contribution is 7.89. The number of sulfonamides is 1. The molecule has 1 heterocycles. The highest BCUT2D eigenvalue weighted by Gasteiger charge is 2.24. The Balaban J connectivity index is 2.93. The lowest BCUT2D eigenvalue weighted by molar-refractivity contribution is 0.122. The van der Waals surface area contributed by atoms with Crippen molar-refractivity contribution in [2.45, 2.75) is 31.4 Å². The molecule has 8 heteroatoms. The van der Waals surface area contributed by atoms with Crippen LogP contribution < -0.4 is 10.0 Å². The molecule has 7 nitrogen and oxygen atoms in total. The normalized spacial score (nSPS) is 13.8. The summed E-state index contributed by atoms with van der Waals surface area (Å²) in [5.74, 6) is 0. The molecule has 0 radical (unpaired) electrons. The fraction of sp³-hybridized carbons (Fsp3) is 0.700. The second-order valence-corrected chi connectivity index (χ2v) is 5.76. The molecule has 1 atom stereocenters. The van der Waals surface area contributed by atoms with E-state index < -0.39 is 10.0 Å². The van der Waals surface area contributed by atoms with Crippen LogP contribution in [0.25, 0.3) is 0 Å². The summed E-state index contributed by atoms with van der Waals surface area (Å²) in [5, 5.41) is 9.56. The summed E-state index contributed by atoms with van der Waals surface area (Å²) in [7, 11) is -0.296. The molecule has 1 aromatic heterocycles. The molecule has 1 rings (SSSR count). The summed E-state index contributed by atoms with van der Waals surface area (Å²) < 4.78 is 31.9. The first-order chi connectivity index (χ1) is 8.42. The van der Waals surface area contributed by atoms with E-state index in [0.29, 0.717) is 17.9 Å². The molecule has 104 valence electrons. The summed E-state index contributed by atoms with van der Waals surface area (Å²) in [6.07, 6.45) is -0.181. The monoisotopic (exact) mass is 276 g/mol. The number of rotatable bonds is 7. The molecule has 0 bridgehead atoms. The standard InChI is InChI=1S/C10H20N4O3S/c1-7(17-4)5-12-18(15,16)10-8(2)13-14-9(10)6-11-3/h7,11-12H,5-6H2,1-4H3,(H,13,14). The van der Waals surface area contributed by atoms with E-state index in [1.54, 1.807) is 20.9 Å². The van der Waals surface area contributed by atoms with Crippen molar-refractivity contribution in [1.82, 2.24) is 20.2 Å². The second kappa shape index (κ2) is 6.28. The van der Waals surface area contributed by atoms with Crippen molar-refractivity contribution < 1.29 is 13.2 Å². The number of aromatic amines is 1. The number of nitrogens with zero attached hydrogens (tertiary/aromatic N) is 1. The summed E-state index contributed by atoms with van der Waals surface area (Å²) in [4.78, 5) is 0.208. The fourth-order valence-corrected chi connectivity index (χ4v) is 2.97. The van der Waals surface area contributed by atoms with Crippen molar-refractivity contribution in [2.24, 2.45) is 0 Å². The van der Waals surface area contributed by atoms with Crippen LogP contribution in [-0.4, -0.2) is 45.4 Å². The van der Waals surface area contributed by atoms with Crippen LogP contribution in [0.3, 0.4) is 0 Å². The van der Waals surface area contributed by atoms with Crippen molar-refractivity contribution in [3.63, 3.8) is 0 Å². The molecule has 0 aliphatic heterocycles. The Bertz CT molecular complexity index is 483. The van der Waals surface area contributed by atoms with Gasteiger partial charge >= 0.3 is 0 Å². The molecular formula is C10H20N4O3S.